The molecule has 1 amide bonds. The summed E-state index contributed by atoms with van der Waals surface area (Å²) in [6.45, 7) is 8.85. The molecule has 1 rings (SSSR count). The van der Waals surface area contributed by atoms with Crippen LogP contribution < -0.4 is 5.32 Å². The van der Waals surface area contributed by atoms with Gasteiger partial charge in [0.1, 0.15) is 5.60 Å². The van der Waals surface area contributed by atoms with E-state index in [0.29, 0.717) is 6.04 Å². The highest BCUT2D eigenvalue weighted by Crippen LogP contribution is 2.15. The summed E-state index contributed by atoms with van der Waals surface area (Å²) in [4.78, 5) is 13.8. The predicted octanol–water partition coefficient (Wildman–Crippen LogP) is 2.01. The number of carbonyl (C=O) groups excluding carboxylic acids is 1. The summed E-state index contributed by atoms with van der Waals surface area (Å²) in [5.74, 6) is 0. The second-order valence-corrected chi connectivity index (χ2v) is 6.04. The van der Waals surface area contributed by atoms with Gasteiger partial charge in [-0.3, -0.25) is 0 Å². The summed E-state index contributed by atoms with van der Waals surface area (Å²) < 4.78 is 10.4. The van der Waals surface area contributed by atoms with Crippen LogP contribution in [0.1, 0.15) is 40.0 Å². The van der Waals surface area contributed by atoms with Gasteiger partial charge >= 0.3 is 6.09 Å². The first-order valence-electron chi connectivity index (χ1n) is 7.12. The maximum absolute atomic E-state index is 12.0. The van der Waals surface area contributed by atoms with Crippen molar-refractivity contribution in [2.75, 3.05) is 33.4 Å². The fourth-order valence-corrected chi connectivity index (χ4v) is 2.17. The topological polar surface area (TPSA) is 50.8 Å². The van der Waals surface area contributed by atoms with Gasteiger partial charge < -0.3 is 19.7 Å². The number of methoxy groups -OCH3 is 1. The second-order valence-electron chi connectivity index (χ2n) is 6.04. The molecule has 0 aromatic rings. The molecule has 0 saturated carbocycles. The van der Waals surface area contributed by atoms with Crippen molar-refractivity contribution >= 4 is 6.09 Å². The molecule has 112 valence electrons. The monoisotopic (exact) mass is 272 g/mol. The number of likely N-dealkylation sites (tertiary alicyclic amines) is 1. The van der Waals surface area contributed by atoms with Gasteiger partial charge in [-0.15, -0.1) is 0 Å². The van der Waals surface area contributed by atoms with Crippen LogP contribution in [0.3, 0.4) is 0 Å². The molecule has 0 bridgehead atoms. The molecule has 5 heteroatoms. The van der Waals surface area contributed by atoms with Crippen LogP contribution >= 0.6 is 0 Å². The zero-order chi connectivity index (χ0) is 14.3. The van der Waals surface area contributed by atoms with Crippen molar-refractivity contribution in [1.29, 1.82) is 0 Å². The van der Waals surface area contributed by atoms with Crippen molar-refractivity contribution in [3.8, 4) is 0 Å². The minimum Gasteiger partial charge on any atom is -0.444 e. The number of amides is 1. The average Bonchev–Trinajstić information content (AvgIpc) is 2.53. The molecule has 1 aliphatic rings. The third-order valence-electron chi connectivity index (χ3n) is 3.12. The molecule has 0 spiro atoms. The summed E-state index contributed by atoms with van der Waals surface area (Å²) in [5, 5.41) is 3.47. The Bertz CT molecular complexity index is 276. The highest BCUT2D eigenvalue weighted by molar-refractivity contribution is 5.68. The summed E-state index contributed by atoms with van der Waals surface area (Å²) in [6, 6.07) is 0.475. The van der Waals surface area contributed by atoms with Crippen molar-refractivity contribution in [1.82, 2.24) is 10.2 Å². The Morgan fingerprint density at radius 2 is 2.05 bits per heavy atom. The van der Waals surface area contributed by atoms with Gasteiger partial charge in [0.25, 0.3) is 0 Å². The van der Waals surface area contributed by atoms with E-state index < -0.39 is 5.60 Å². The lowest BCUT2D eigenvalue weighted by atomic mass is 10.1. The van der Waals surface area contributed by atoms with Gasteiger partial charge in [-0.25, -0.2) is 4.79 Å². The number of nitrogens with one attached hydrogen (secondary N) is 1. The van der Waals surface area contributed by atoms with Gasteiger partial charge in [-0.1, -0.05) is 0 Å². The Hall–Kier alpha value is -0.810. The number of nitrogens with zero attached hydrogens (tertiary/aromatic N) is 1. The van der Waals surface area contributed by atoms with E-state index in [1.165, 1.54) is 0 Å². The number of rotatable bonds is 4. The highest BCUT2D eigenvalue weighted by Gasteiger charge is 2.24. The molecule has 1 saturated heterocycles. The van der Waals surface area contributed by atoms with Gasteiger partial charge in [0.05, 0.1) is 6.61 Å². The summed E-state index contributed by atoms with van der Waals surface area (Å²) in [7, 11) is 1.71. The third-order valence-corrected chi connectivity index (χ3v) is 3.12. The Morgan fingerprint density at radius 1 is 1.32 bits per heavy atom. The Morgan fingerprint density at radius 3 is 2.68 bits per heavy atom. The van der Waals surface area contributed by atoms with E-state index in [1.54, 1.807) is 7.11 Å². The molecule has 5 nitrogen and oxygen atoms in total. The van der Waals surface area contributed by atoms with Crippen LogP contribution in [0.4, 0.5) is 4.79 Å². The summed E-state index contributed by atoms with van der Waals surface area (Å²) >= 11 is 0. The van der Waals surface area contributed by atoms with E-state index in [0.717, 1.165) is 45.5 Å². The van der Waals surface area contributed by atoms with Crippen LogP contribution in [0.2, 0.25) is 0 Å². The predicted molar refractivity (Wildman–Crippen MR) is 75.3 cm³/mol. The van der Waals surface area contributed by atoms with Gasteiger partial charge in [-0.05, 0) is 40.0 Å². The zero-order valence-corrected chi connectivity index (χ0v) is 12.7. The number of carbonyl (C=O) groups is 1. The fourth-order valence-electron chi connectivity index (χ4n) is 2.17. The Balaban J connectivity index is 2.34. The molecular formula is C14H28N2O3. The van der Waals surface area contributed by atoms with Gasteiger partial charge in [0, 0.05) is 32.8 Å². The largest absolute Gasteiger partial charge is 0.444 e. The molecule has 0 aliphatic carbocycles. The van der Waals surface area contributed by atoms with Crippen molar-refractivity contribution in [2.24, 2.45) is 0 Å². The minimum absolute atomic E-state index is 0.190. The van der Waals surface area contributed by atoms with Crippen molar-refractivity contribution in [2.45, 2.75) is 51.7 Å². The fraction of sp³-hybridized carbons (Fsp3) is 0.929. The van der Waals surface area contributed by atoms with Gasteiger partial charge in [-0.2, -0.15) is 0 Å². The van der Waals surface area contributed by atoms with Crippen LogP contribution in [0.25, 0.3) is 0 Å². The third kappa shape index (κ3) is 6.78. The molecule has 0 unspecified atom stereocenters. The Kier molecular flexibility index (Phi) is 6.58. The first kappa shape index (κ1) is 16.2. The molecular weight excluding hydrogens is 244 g/mol. The van der Waals surface area contributed by atoms with E-state index in [-0.39, 0.29) is 6.09 Å². The minimum atomic E-state index is -0.417. The lowest BCUT2D eigenvalue weighted by Crippen LogP contribution is -2.38. The molecule has 1 heterocycles. The maximum atomic E-state index is 12.0. The summed E-state index contributed by atoms with van der Waals surface area (Å²) in [6.07, 6.45) is 2.90. The average molecular weight is 272 g/mol. The van der Waals surface area contributed by atoms with Crippen molar-refractivity contribution in [3.05, 3.63) is 0 Å². The first-order chi connectivity index (χ1) is 8.92. The smallest absolute Gasteiger partial charge is 0.410 e. The standard InChI is InChI=1S/C14H28N2O3/c1-14(2,3)19-13(17)16-9-5-6-12(7-10-16)15-8-11-18-4/h12,15H,5-11H2,1-4H3/t12-/m1/s1. The van der Waals surface area contributed by atoms with Crippen LogP contribution in [0.15, 0.2) is 0 Å². The lowest BCUT2D eigenvalue weighted by molar-refractivity contribution is 0.0256. The maximum Gasteiger partial charge on any atom is 0.410 e. The molecule has 0 radical (unpaired) electrons. The quantitative estimate of drug-likeness (QED) is 0.795. The summed E-state index contributed by atoms with van der Waals surface area (Å²) in [5.41, 5.74) is -0.417. The number of hydrogen-bond acceptors (Lipinski definition) is 4. The van der Waals surface area contributed by atoms with E-state index in [4.69, 9.17) is 9.47 Å². The zero-order valence-electron chi connectivity index (χ0n) is 12.7. The van der Waals surface area contributed by atoms with Crippen LogP contribution in [0.5, 0.6) is 0 Å². The van der Waals surface area contributed by atoms with E-state index >= 15 is 0 Å². The number of ether oxygens (including phenoxy) is 2. The molecule has 0 aromatic carbocycles. The van der Waals surface area contributed by atoms with E-state index in [1.807, 2.05) is 25.7 Å². The van der Waals surface area contributed by atoms with Crippen LogP contribution in [0, 0.1) is 0 Å². The SMILES string of the molecule is COCCN[C@@H]1CCCN(C(=O)OC(C)(C)C)CC1. The lowest BCUT2D eigenvalue weighted by Gasteiger charge is -2.26. The van der Waals surface area contributed by atoms with Crippen LogP contribution in [-0.2, 0) is 9.47 Å². The van der Waals surface area contributed by atoms with Crippen molar-refractivity contribution < 1.29 is 14.3 Å². The van der Waals surface area contributed by atoms with Gasteiger partial charge in [0.15, 0.2) is 0 Å². The number of hydrogen-bond donors (Lipinski definition) is 1. The molecule has 19 heavy (non-hydrogen) atoms. The second kappa shape index (κ2) is 7.70. The first-order valence-corrected chi connectivity index (χ1v) is 7.12. The normalized spacial score (nSPS) is 21.1. The van der Waals surface area contributed by atoms with Gasteiger partial charge in [0.2, 0.25) is 0 Å². The molecule has 1 atom stereocenters. The molecule has 0 aromatic heterocycles. The molecule has 1 fully saturated rings. The molecule has 1 N–H and O–H groups in total. The van der Waals surface area contributed by atoms with E-state index in [2.05, 4.69) is 5.32 Å². The van der Waals surface area contributed by atoms with E-state index in [9.17, 15) is 4.79 Å². The Labute approximate surface area is 116 Å². The molecule has 1 aliphatic heterocycles. The van der Waals surface area contributed by atoms with Crippen molar-refractivity contribution in [3.63, 3.8) is 0 Å². The van der Waals surface area contributed by atoms with Crippen LogP contribution in [-0.4, -0.2) is 56.0 Å². The highest BCUT2D eigenvalue weighted by atomic mass is 16.6.